The van der Waals surface area contributed by atoms with E-state index in [4.69, 9.17) is 14.2 Å². The Morgan fingerprint density at radius 2 is 1.95 bits per heavy atom. The van der Waals surface area contributed by atoms with Gasteiger partial charge >= 0.3 is 0 Å². The lowest BCUT2D eigenvalue weighted by Crippen LogP contribution is -2.52. The standard InChI is InChI=1S/C16H22O4/c1-12-14(9-17)19-16(2,3)20-15(12)11-18-10-13-7-5-4-6-8-13/h4-9,12,14-15H,10-11H2,1-3H3/t12-,14+,15-/m0/s1. The predicted octanol–water partition coefficient (Wildman–Crippen LogP) is 2.56. The lowest BCUT2D eigenvalue weighted by atomic mass is 9.96. The summed E-state index contributed by atoms with van der Waals surface area (Å²) in [5, 5.41) is 0. The van der Waals surface area contributed by atoms with Crippen LogP contribution in [0.1, 0.15) is 26.3 Å². The van der Waals surface area contributed by atoms with Crippen molar-refractivity contribution in [1.29, 1.82) is 0 Å². The van der Waals surface area contributed by atoms with Crippen LogP contribution in [-0.2, 0) is 25.6 Å². The predicted molar refractivity (Wildman–Crippen MR) is 75.2 cm³/mol. The average molecular weight is 278 g/mol. The molecule has 0 aromatic heterocycles. The Hall–Kier alpha value is -1.23. The van der Waals surface area contributed by atoms with Crippen LogP contribution in [0.2, 0.25) is 0 Å². The third-order valence-electron chi connectivity index (χ3n) is 3.49. The second kappa shape index (κ2) is 6.48. The van der Waals surface area contributed by atoms with Gasteiger partial charge in [0.15, 0.2) is 5.79 Å². The van der Waals surface area contributed by atoms with Gasteiger partial charge in [-0.15, -0.1) is 0 Å². The van der Waals surface area contributed by atoms with Gasteiger partial charge in [0.05, 0.1) is 19.3 Å². The van der Waals surface area contributed by atoms with E-state index in [1.54, 1.807) is 0 Å². The van der Waals surface area contributed by atoms with Gasteiger partial charge in [-0.05, 0) is 19.4 Å². The van der Waals surface area contributed by atoms with Crippen LogP contribution >= 0.6 is 0 Å². The van der Waals surface area contributed by atoms with Crippen molar-refractivity contribution in [2.75, 3.05) is 6.61 Å². The first-order valence-electron chi connectivity index (χ1n) is 6.94. The van der Waals surface area contributed by atoms with Crippen molar-refractivity contribution in [2.45, 2.75) is 45.4 Å². The molecule has 0 unspecified atom stereocenters. The third kappa shape index (κ3) is 3.88. The molecule has 4 heteroatoms. The number of benzene rings is 1. The number of hydrogen-bond donors (Lipinski definition) is 0. The van der Waals surface area contributed by atoms with Crippen molar-refractivity contribution in [3.63, 3.8) is 0 Å². The SMILES string of the molecule is C[C@@H]1[C@H](COCc2ccccc2)OC(C)(C)O[C@@H]1C=O. The van der Waals surface area contributed by atoms with Crippen molar-refractivity contribution >= 4 is 6.29 Å². The first-order chi connectivity index (χ1) is 9.52. The highest BCUT2D eigenvalue weighted by Gasteiger charge is 2.40. The maximum atomic E-state index is 11.1. The van der Waals surface area contributed by atoms with E-state index in [0.29, 0.717) is 13.2 Å². The molecular weight excluding hydrogens is 256 g/mol. The van der Waals surface area contributed by atoms with Crippen molar-refractivity contribution < 1.29 is 19.0 Å². The van der Waals surface area contributed by atoms with E-state index in [1.165, 1.54) is 0 Å². The van der Waals surface area contributed by atoms with Gasteiger partial charge in [0.25, 0.3) is 0 Å². The highest BCUT2D eigenvalue weighted by molar-refractivity contribution is 5.57. The van der Waals surface area contributed by atoms with Crippen LogP contribution < -0.4 is 0 Å². The Bertz CT molecular complexity index is 429. The van der Waals surface area contributed by atoms with Gasteiger partial charge in [-0.1, -0.05) is 37.3 Å². The van der Waals surface area contributed by atoms with Gasteiger partial charge in [-0.3, -0.25) is 0 Å². The molecule has 0 amide bonds. The van der Waals surface area contributed by atoms with Crippen molar-refractivity contribution in [2.24, 2.45) is 5.92 Å². The summed E-state index contributed by atoms with van der Waals surface area (Å²) in [7, 11) is 0. The van der Waals surface area contributed by atoms with Crippen LogP contribution in [0, 0.1) is 5.92 Å². The maximum absolute atomic E-state index is 11.1. The molecule has 4 nitrogen and oxygen atoms in total. The normalized spacial score (nSPS) is 29.1. The fourth-order valence-corrected chi connectivity index (χ4v) is 2.35. The lowest BCUT2D eigenvalue weighted by molar-refractivity contribution is -0.315. The monoisotopic (exact) mass is 278 g/mol. The number of ether oxygens (including phenoxy) is 3. The molecule has 1 aliphatic rings. The van der Waals surface area contributed by atoms with E-state index in [2.05, 4.69) is 0 Å². The number of carbonyl (C=O) groups excluding carboxylic acids is 1. The van der Waals surface area contributed by atoms with E-state index < -0.39 is 11.9 Å². The molecule has 110 valence electrons. The van der Waals surface area contributed by atoms with Gasteiger partial charge < -0.3 is 19.0 Å². The molecule has 1 aromatic rings. The molecule has 0 radical (unpaired) electrons. The minimum Gasteiger partial charge on any atom is -0.374 e. The zero-order chi connectivity index (χ0) is 14.6. The maximum Gasteiger partial charge on any atom is 0.164 e. The zero-order valence-electron chi connectivity index (χ0n) is 12.2. The molecule has 0 spiro atoms. The average Bonchev–Trinajstić information content (AvgIpc) is 2.43. The van der Waals surface area contributed by atoms with E-state index in [1.807, 2.05) is 51.1 Å². The van der Waals surface area contributed by atoms with Crippen LogP contribution in [-0.4, -0.2) is 30.9 Å². The summed E-state index contributed by atoms with van der Waals surface area (Å²) in [4.78, 5) is 11.1. The molecule has 0 aliphatic carbocycles. The summed E-state index contributed by atoms with van der Waals surface area (Å²) in [6.07, 6.45) is 0.265. The number of carbonyl (C=O) groups is 1. The van der Waals surface area contributed by atoms with Crippen molar-refractivity contribution in [1.82, 2.24) is 0 Å². The Morgan fingerprint density at radius 1 is 1.25 bits per heavy atom. The van der Waals surface area contributed by atoms with Crippen molar-refractivity contribution in [3.05, 3.63) is 35.9 Å². The highest BCUT2D eigenvalue weighted by atomic mass is 16.7. The second-order valence-corrected chi connectivity index (χ2v) is 5.63. The fourth-order valence-electron chi connectivity index (χ4n) is 2.35. The van der Waals surface area contributed by atoms with Gasteiger partial charge in [-0.25, -0.2) is 0 Å². The van der Waals surface area contributed by atoms with Crippen LogP contribution in [0.3, 0.4) is 0 Å². The Labute approximate surface area is 120 Å². The van der Waals surface area contributed by atoms with Crippen LogP contribution in [0.5, 0.6) is 0 Å². The summed E-state index contributed by atoms with van der Waals surface area (Å²) >= 11 is 0. The quantitative estimate of drug-likeness (QED) is 0.776. The highest BCUT2D eigenvalue weighted by Crippen LogP contribution is 2.30. The number of aldehydes is 1. The second-order valence-electron chi connectivity index (χ2n) is 5.63. The summed E-state index contributed by atoms with van der Waals surface area (Å²) in [6.45, 7) is 6.58. The first-order valence-corrected chi connectivity index (χ1v) is 6.94. The largest absolute Gasteiger partial charge is 0.374 e. The minimum atomic E-state index is -0.751. The molecule has 1 aromatic carbocycles. The molecule has 0 N–H and O–H groups in total. The topological polar surface area (TPSA) is 44.8 Å². The molecule has 1 fully saturated rings. The molecule has 20 heavy (non-hydrogen) atoms. The van der Waals surface area contributed by atoms with Crippen LogP contribution in [0.25, 0.3) is 0 Å². The molecule has 1 heterocycles. The van der Waals surface area contributed by atoms with Gasteiger partial charge in [0.2, 0.25) is 0 Å². The molecule has 2 rings (SSSR count). The number of hydrogen-bond acceptors (Lipinski definition) is 4. The van der Waals surface area contributed by atoms with Gasteiger partial charge in [-0.2, -0.15) is 0 Å². The minimum absolute atomic E-state index is 0.0173. The summed E-state index contributed by atoms with van der Waals surface area (Å²) in [5.41, 5.74) is 1.12. The smallest absolute Gasteiger partial charge is 0.164 e. The lowest BCUT2D eigenvalue weighted by Gasteiger charge is -2.42. The molecule has 0 bridgehead atoms. The van der Waals surface area contributed by atoms with Crippen molar-refractivity contribution in [3.8, 4) is 0 Å². The van der Waals surface area contributed by atoms with E-state index in [9.17, 15) is 4.79 Å². The number of rotatable bonds is 5. The first kappa shape index (κ1) is 15.2. The fraction of sp³-hybridized carbons (Fsp3) is 0.562. The van der Waals surface area contributed by atoms with E-state index >= 15 is 0 Å². The Morgan fingerprint density at radius 3 is 2.60 bits per heavy atom. The van der Waals surface area contributed by atoms with Crippen LogP contribution in [0.15, 0.2) is 30.3 Å². The van der Waals surface area contributed by atoms with E-state index in [0.717, 1.165) is 11.8 Å². The summed E-state index contributed by atoms with van der Waals surface area (Å²) in [6, 6.07) is 9.98. The Balaban J connectivity index is 1.89. The van der Waals surface area contributed by atoms with Crippen LogP contribution in [0.4, 0.5) is 0 Å². The molecule has 0 saturated carbocycles. The molecule has 1 aliphatic heterocycles. The summed E-state index contributed by atoms with van der Waals surface area (Å²) < 4.78 is 17.2. The summed E-state index contributed by atoms with van der Waals surface area (Å²) in [5.74, 6) is -0.768. The zero-order valence-corrected chi connectivity index (χ0v) is 12.2. The molecule has 1 saturated heterocycles. The van der Waals surface area contributed by atoms with Gasteiger partial charge in [0, 0.05) is 5.92 Å². The van der Waals surface area contributed by atoms with Gasteiger partial charge in [0.1, 0.15) is 12.4 Å². The molecule has 3 atom stereocenters. The van der Waals surface area contributed by atoms with E-state index in [-0.39, 0.29) is 12.0 Å². The Kier molecular flexibility index (Phi) is 4.91. The molecular formula is C16H22O4. The third-order valence-corrected chi connectivity index (χ3v) is 3.49.